The maximum absolute atomic E-state index is 12.6. The van der Waals surface area contributed by atoms with Crippen LogP contribution in [0.15, 0.2) is 28.8 Å². The summed E-state index contributed by atoms with van der Waals surface area (Å²) in [6, 6.07) is 0.00934. The molecule has 36 heavy (non-hydrogen) atoms. The van der Waals surface area contributed by atoms with Crippen molar-refractivity contribution in [2.75, 3.05) is 18.8 Å². The van der Waals surface area contributed by atoms with Crippen molar-refractivity contribution in [1.82, 2.24) is 24.5 Å². The molecule has 2 aliphatic heterocycles. The smallest absolute Gasteiger partial charge is 0.254 e. The zero-order valence-corrected chi connectivity index (χ0v) is 20.7. The number of amides is 1. The molecule has 1 saturated carbocycles. The molecule has 0 spiro atoms. The number of aliphatic hydroxyl groups is 1. The number of hydrogen-bond donors (Lipinski definition) is 2. The molecule has 1 unspecified atom stereocenters. The highest BCUT2D eigenvalue weighted by atomic mass is 32.1. The van der Waals surface area contributed by atoms with Crippen LogP contribution in [0.5, 0.6) is 0 Å². The Bertz CT molecular complexity index is 1410. The highest BCUT2D eigenvalue weighted by Gasteiger charge is 2.50. The van der Waals surface area contributed by atoms with Gasteiger partial charge in [0.2, 0.25) is 0 Å². The van der Waals surface area contributed by atoms with Gasteiger partial charge in [-0.1, -0.05) is 6.08 Å². The molecule has 2 fully saturated rings. The molecule has 3 aromatic rings. The number of fused-ring (bicyclic) bond motifs is 1. The molecule has 0 bridgehead atoms. The van der Waals surface area contributed by atoms with E-state index in [4.69, 9.17) is 15.7 Å². The SMILES string of the molecule is CC(=O)c1c(C2CCN(C(=O)C3(O)CC3)CC2)nc2c(C3=CCC(c4nccs4)N=C3)cnn2c1N. The first-order valence-corrected chi connectivity index (χ1v) is 13.1. The van der Waals surface area contributed by atoms with Crippen LogP contribution in [-0.2, 0) is 4.79 Å². The lowest BCUT2D eigenvalue weighted by Gasteiger charge is -2.33. The van der Waals surface area contributed by atoms with Gasteiger partial charge in [0.1, 0.15) is 22.5 Å². The third-order valence-electron chi connectivity index (χ3n) is 7.36. The number of allylic oxidation sites excluding steroid dienone is 1. The number of carbonyl (C=O) groups excluding carboxylic acids is 2. The van der Waals surface area contributed by atoms with Gasteiger partial charge in [-0.2, -0.15) is 9.61 Å². The van der Waals surface area contributed by atoms with Crippen LogP contribution in [0.3, 0.4) is 0 Å². The first-order valence-electron chi connectivity index (χ1n) is 12.2. The summed E-state index contributed by atoms with van der Waals surface area (Å²) >= 11 is 1.59. The number of anilines is 1. The van der Waals surface area contributed by atoms with Crippen molar-refractivity contribution in [3.05, 3.63) is 45.7 Å². The number of aliphatic imine (C=N–C) groups is 1. The maximum atomic E-state index is 12.6. The van der Waals surface area contributed by atoms with E-state index in [0.717, 1.165) is 22.6 Å². The summed E-state index contributed by atoms with van der Waals surface area (Å²) in [4.78, 5) is 41.0. The summed E-state index contributed by atoms with van der Waals surface area (Å²) in [5.74, 6) is -0.105. The molecule has 1 aliphatic carbocycles. The van der Waals surface area contributed by atoms with Crippen LogP contribution in [0.2, 0.25) is 0 Å². The average molecular weight is 506 g/mol. The number of thiazole rings is 1. The van der Waals surface area contributed by atoms with Crippen LogP contribution >= 0.6 is 11.3 Å². The highest BCUT2D eigenvalue weighted by Crippen LogP contribution is 2.39. The van der Waals surface area contributed by atoms with E-state index in [1.807, 2.05) is 11.6 Å². The summed E-state index contributed by atoms with van der Waals surface area (Å²) in [6.07, 6.45) is 10.5. The molecule has 11 heteroatoms. The van der Waals surface area contributed by atoms with Gasteiger partial charge in [-0.15, -0.1) is 11.3 Å². The molecule has 10 nitrogen and oxygen atoms in total. The number of nitrogens with zero attached hydrogens (tertiary/aromatic N) is 6. The third kappa shape index (κ3) is 3.82. The first kappa shape index (κ1) is 23.0. The fourth-order valence-electron chi connectivity index (χ4n) is 5.14. The van der Waals surface area contributed by atoms with Crippen LogP contribution in [0.4, 0.5) is 5.82 Å². The Morgan fingerprint density at radius 3 is 2.64 bits per heavy atom. The normalized spacial score (nSPS) is 21.6. The average Bonchev–Trinajstić information content (AvgIpc) is 3.27. The van der Waals surface area contributed by atoms with Gasteiger partial charge in [0.15, 0.2) is 11.4 Å². The minimum Gasteiger partial charge on any atom is -0.383 e. The number of piperidine rings is 1. The van der Waals surface area contributed by atoms with Gasteiger partial charge < -0.3 is 15.7 Å². The molecule has 3 aromatic heterocycles. The minimum absolute atomic E-state index is 0.00934. The molecule has 5 heterocycles. The molecular formula is C25H27N7O3S. The number of hydrogen-bond acceptors (Lipinski definition) is 9. The molecule has 1 saturated heterocycles. The van der Waals surface area contributed by atoms with Crippen LogP contribution < -0.4 is 5.73 Å². The van der Waals surface area contributed by atoms with Crippen LogP contribution in [-0.4, -0.2) is 66.2 Å². The molecule has 186 valence electrons. The Balaban J connectivity index is 1.31. The topological polar surface area (TPSA) is 139 Å². The van der Waals surface area contributed by atoms with Gasteiger partial charge in [-0.05, 0) is 39.0 Å². The zero-order chi connectivity index (χ0) is 25.0. The number of rotatable bonds is 5. The summed E-state index contributed by atoms with van der Waals surface area (Å²) in [5, 5.41) is 17.6. The summed E-state index contributed by atoms with van der Waals surface area (Å²) in [5.41, 5.74) is 8.65. The third-order valence-corrected chi connectivity index (χ3v) is 8.23. The van der Waals surface area contributed by atoms with Crippen LogP contribution in [0.1, 0.15) is 77.6 Å². The van der Waals surface area contributed by atoms with Crippen LogP contribution in [0, 0.1) is 0 Å². The largest absolute Gasteiger partial charge is 0.383 e. The summed E-state index contributed by atoms with van der Waals surface area (Å²) < 4.78 is 1.53. The quantitative estimate of drug-likeness (QED) is 0.508. The Hall–Kier alpha value is -3.44. The molecule has 1 atom stereocenters. The number of aromatic nitrogens is 4. The fourth-order valence-corrected chi connectivity index (χ4v) is 5.84. The Kier molecular flexibility index (Phi) is 5.49. The van der Waals surface area contributed by atoms with E-state index >= 15 is 0 Å². The van der Waals surface area contributed by atoms with E-state index in [-0.39, 0.29) is 29.5 Å². The van der Waals surface area contributed by atoms with E-state index in [1.165, 1.54) is 11.4 Å². The number of nitrogens with two attached hydrogens (primary N) is 1. The Morgan fingerprint density at radius 1 is 1.25 bits per heavy atom. The number of nitrogen functional groups attached to an aromatic ring is 1. The zero-order valence-electron chi connectivity index (χ0n) is 19.9. The highest BCUT2D eigenvalue weighted by molar-refractivity contribution is 7.09. The molecule has 3 aliphatic rings. The second-order valence-electron chi connectivity index (χ2n) is 9.76. The second-order valence-corrected chi connectivity index (χ2v) is 10.7. The van der Waals surface area contributed by atoms with E-state index in [9.17, 15) is 14.7 Å². The molecule has 0 aromatic carbocycles. The first-order chi connectivity index (χ1) is 17.4. The van der Waals surface area contributed by atoms with Crippen molar-refractivity contribution >= 4 is 46.3 Å². The van der Waals surface area contributed by atoms with Crippen molar-refractivity contribution in [2.24, 2.45) is 4.99 Å². The number of likely N-dealkylation sites (tertiary alicyclic amines) is 1. The Labute approximate surface area is 211 Å². The lowest BCUT2D eigenvalue weighted by atomic mass is 9.89. The predicted octanol–water partition coefficient (Wildman–Crippen LogP) is 2.80. The standard InChI is InChI=1S/C25H27N7O3S/c1-14(33)19-20(15-4-9-31(10-5-15)24(34)25(35)6-7-25)30-22-17(13-29-32(22)21(19)26)16-2-3-18(28-12-16)23-27-8-11-36-23/h2,8,11-13,15,18,35H,3-7,9-10,26H2,1H3. The maximum Gasteiger partial charge on any atom is 0.254 e. The van der Waals surface area contributed by atoms with Crippen molar-refractivity contribution in [3.63, 3.8) is 0 Å². The van der Waals surface area contributed by atoms with Crippen LogP contribution in [0.25, 0.3) is 11.2 Å². The van der Waals surface area contributed by atoms with Gasteiger partial charge in [-0.3, -0.25) is 14.6 Å². The van der Waals surface area contributed by atoms with E-state index in [1.54, 1.807) is 28.6 Å². The van der Waals surface area contributed by atoms with Gasteiger partial charge >= 0.3 is 0 Å². The number of dihydropyridines is 1. The minimum atomic E-state index is -1.17. The molecule has 0 radical (unpaired) electrons. The van der Waals surface area contributed by atoms with Gasteiger partial charge in [0.05, 0.1) is 17.5 Å². The monoisotopic (exact) mass is 505 g/mol. The molecule has 3 N–H and O–H groups in total. The second kappa shape index (κ2) is 8.59. The van der Waals surface area contributed by atoms with Crippen molar-refractivity contribution in [1.29, 1.82) is 0 Å². The van der Waals surface area contributed by atoms with Crippen molar-refractivity contribution < 1.29 is 14.7 Å². The van der Waals surface area contributed by atoms with Crippen molar-refractivity contribution in [2.45, 2.75) is 56.6 Å². The fraction of sp³-hybridized carbons (Fsp3) is 0.440. The van der Waals surface area contributed by atoms with Gasteiger partial charge in [0, 0.05) is 47.9 Å². The molecule has 1 amide bonds. The number of Topliss-reactive ketones (excluding diaryl/α,β-unsaturated/α-hetero) is 1. The van der Waals surface area contributed by atoms with Gasteiger partial charge in [0.25, 0.3) is 5.91 Å². The van der Waals surface area contributed by atoms with Crippen molar-refractivity contribution in [3.8, 4) is 0 Å². The molecule has 6 rings (SSSR count). The van der Waals surface area contributed by atoms with E-state index in [0.29, 0.717) is 55.7 Å². The summed E-state index contributed by atoms with van der Waals surface area (Å²) in [7, 11) is 0. The number of carbonyl (C=O) groups is 2. The van der Waals surface area contributed by atoms with E-state index in [2.05, 4.69) is 16.2 Å². The van der Waals surface area contributed by atoms with E-state index < -0.39 is 5.60 Å². The molecular weight excluding hydrogens is 478 g/mol. The number of ketones is 1. The lowest BCUT2D eigenvalue weighted by molar-refractivity contribution is -0.143. The predicted molar refractivity (Wildman–Crippen MR) is 136 cm³/mol. The lowest BCUT2D eigenvalue weighted by Crippen LogP contribution is -2.44. The van der Waals surface area contributed by atoms with Gasteiger partial charge in [-0.25, -0.2) is 9.97 Å². The summed E-state index contributed by atoms with van der Waals surface area (Å²) in [6.45, 7) is 2.51. The Morgan fingerprint density at radius 2 is 2.03 bits per heavy atom.